The van der Waals surface area contributed by atoms with Crippen LogP contribution in [0.4, 0.5) is 11.8 Å². The molecule has 0 amide bonds. The number of nitrogen functional groups attached to an aromatic ring is 2. The number of Topliss-reactive ketones (excluding diaryl/α,β-unsaturated/α-hetero) is 2. The van der Waals surface area contributed by atoms with Gasteiger partial charge in [0, 0.05) is 18.5 Å². The SMILES string of the molecule is CC(=O)CCc1ccccc1OP(=O)(C[C@@H](C)C(C)=O)OC[C@H]1O[C@@H](n2ccc3c(N)nc(N)nc32)C(Cl)(Cl)[C@H]1O. The van der Waals surface area contributed by atoms with Crippen LogP contribution in [0.3, 0.4) is 0 Å². The first-order chi connectivity index (χ1) is 19.2. The average Bonchev–Trinajstić information content (AvgIpc) is 3.40. The van der Waals surface area contributed by atoms with Crippen LogP contribution in [-0.4, -0.2) is 60.5 Å². The number of nitrogens with two attached hydrogens (primary N) is 2. The lowest BCUT2D eigenvalue weighted by Crippen LogP contribution is -2.38. The van der Waals surface area contributed by atoms with E-state index in [9.17, 15) is 19.3 Å². The quantitative estimate of drug-likeness (QED) is 0.194. The third-order valence-electron chi connectivity index (χ3n) is 6.83. The molecule has 222 valence electrons. The number of ether oxygens (including phenoxy) is 1. The van der Waals surface area contributed by atoms with Crippen LogP contribution in [0.5, 0.6) is 5.75 Å². The minimum atomic E-state index is -4.02. The van der Waals surface area contributed by atoms with E-state index >= 15 is 0 Å². The van der Waals surface area contributed by atoms with Crippen molar-refractivity contribution in [2.45, 2.75) is 56.4 Å². The smallest absolute Gasteiger partial charge is 0.380 e. The number of aliphatic hydroxyl groups is 1. The number of aliphatic hydroxyl groups excluding tert-OH is 1. The number of hydrogen-bond donors (Lipinski definition) is 3. The van der Waals surface area contributed by atoms with Gasteiger partial charge < -0.3 is 35.2 Å². The van der Waals surface area contributed by atoms with Gasteiger partial charge in [-0.3, -0.25) is 9.32 Å². The van der Waals surface area contributed by atoms with E-state index in [0.717, 1.165) is 0 Å². The summed E-state index contributed by atoms with van der Waals surface area (Å²) in [5.41, 5.74) is 12.6. The Morgan fingerprint density at radius 3 is 2.61 bits per heavy atom. The fourth-order valence-corrected chi connectivity index (χ4v) is 7.00. The molecule has 12 nitrogen and oxygen atoms in total. The Kier molecular flexibility index (Phi) is 9.32. The fraction of sp³-hybridized carbons (Fsp3) is 0.462. The molecular weight excluding hydrogens is 596 g/mol. The van der Waals surface area contributed by atoms with Crippen molar-refractivity contribution in [2.24, 2.45) is 5.92 Å². The number of carbonyl (C=O) groups excluding carboxylic acids is 2. The second-order valence-electron chi connectivity index (χ2n) is 10.1. The molecule has 41 heavy (non-hydrogen) atoms. The molecule has 1 aliphatic rings. The van der Waals surface area contributed by atoms with Crippen molar-refractivity contribution in [1.29, 1.82) is 0 Å². The number of ketones is 2. The van der Waals surface area contributed by atoms with Crippen molar-refractivity contribution in [3.63, 3.8) is 0 Å². The van der Waals surface area contributed by atoms with Crippen LogP contribution in [0.1, 0.15) is 39.0 Å². The predicted molar refractivity (Wildman–Crippen MR) is 155 cm³/mol. The number of rotatable bonds is 12. The molecule has 0 radical (unpaired) electrons. The van der Waals surface area contributed by atoms with Gasteiger partial charge in [-0.15, -0.1) is 0 Å². The summed E-state index contributed by atoms with van der Waals surface area (Å²) in [7, 11) is -4.02. The van der Waals surface area contributed by atoms with Crippen LogP contribution in [0.2, 0.25) is 0 Å². The van der Waals surface area contributed by atoms with E-state index in [1.807, 2.05) is 0 Å². The van der Waals surface area contributed by atoms with Crippen molar-refractivity contribution in [2.75, 3.05) is 24.2 Å². The molecule has 2 aromatic heterocycles. The first-order valence-electron chi connectivity index (χ1n) is 12.8. The molecule has 5 atom stereocenters. The van der Waals surface area contributed by atoms with Crippen LogP contribution in [-0.2, 0) is 29.8 Å². The highest BCUT2D eigenvalue weighted by atomic mass is 35.5. The van der Waals surface area contributed by atoms with E-state index in [4.69, 9.17) is 48.5 Å². The monoisotopic (exact) mass is 627 g/mol. The first-order valence-corrected chi connectivity index (χ1v) is 15.3. The number of alkyl halides is 2. The lowest BCUT2D eigenvalue weighted by atomic mass is 10.1. The van der Waals surface area contributed by atoms with E-state index in [1.54, 1.807) is 43.5 Å². The molecular formula is C26H32Cl2N5O7P. The molecule has 4 rings (SSSR count). The molecule has 1 aromatic carbocycles. The number of fused-ring (bicyclic) bond motifs is 1. The van der Waals surface area contributed by atoms with Gasteiger partial charge in [-0.1, -0.05) is 48.3 Å². The molecule has 1 fully saturated rings. The van der Waals surface area contributed by atoms with Crippen LogP contribution >= 0.6 is 30.8 Å². The Labute approximate surface area is 246 Å². The van der Waals surface area contributed by atoms with Gasteiger partial charge in [-0.05, 0) is 38.0 Å². The van der Waals surface area contributed by atoms with Gasteiger partial charge in [0.2, 0.25) is 5.95 Å². The molecule has 1 saturated heterocycles. The summed E-state index contributed by atoms with van der Waals surface area (Å²) in [6, 6.07) is 8.46. The Morgan fingerprint density at radius 1 is 1.22 bits per heavy atom. The summed E-state index contributed by atoms with van der Waals surface area (Å²) < 4.78 is 31.4. The van der Waals surface area contributed by atoms with Gasteiger partial charge in [-0.2, -0.15) is 9.97 Å². The first kappa shape index (κ1) is 31.2. The number of aryl methyl sites for hydroxylation is 1. The zero-order valence-corrected chi connectivity index (χ0v) is 25.1. The van der Waals surface area contributed by atoms with Crippen molar-refractivity contribution < 1.29 is 33.0 Å². The van der Waals surface area contributed by atoms with E-state index in [2.05, 4.69) is 9.97 Å². The number of carbonyl (C=O) groups is 2. The van der Waals surface area contributed by atoms with Crippen molar-refractivity contribution >= 4 is 65.2 Å². The molecule has 5 N–H and O–H groups in total. The Morgan fingerprint density at radius 2 is 1.93 bits per heavy atom. The highest BCUT2D eigenvalue weighted by Gasteiger charge is 2.56. The molecule has 15 heteroatoms. The van der Waals surface area contributed by atoms with Crippen LogP contribution in [0.15, 0.2) is 36.5 Å². The second kappa shape index (κ2) is 12.2. The summed E-state index contributed by atoms with van der Waals surface area (Å²) >= 11 is 13.1. The number of benzene rings is 1. The molecule has 3 heterocycles. The second-order valence-corrected chi connectivity index (χ2v) is 13.5. The number of hydrogen-bond acceptors (Lipinski definition) is 11. The standard InChI is InChI=1S/C26H32Cl2N5O7P/c1-14(16(3)35)13-41(37,40-19-7-5-4-6-17(19)9-8-15(2)34)38-12-20-21(36)26(27,28)24(39-20)33-11-10-18-22(29)31-25(30)32-23(18)33/h4-7,10-11,14,20-21,24,36H,8-9,12-13H2,1-3H3,(H4,29,30,31,32)/t14-,20-,21+,24-,41?/m1/s1. The maximum Gasteiger partial charge on any atom is 0.380 e. The largest absolute Gasteiger partial charge is 0.424 e. The Bertz CT molecular complexity index is 1500. The number of aromatic nitrogens is 3. The van der Waals surface area contributed by atoms with E-state index in [0.29, 0.717) is 17.4 Å². The summed E-state index contributed by atoms with van der Waals surface area (Å²) in [4.78, 5) is 31.7. The van der Waals surface area contributed by atoms with Gasteiger partial charge in [-0.25, -0.2) is 4.57 Å². The fourth-order valence-electron chi connectivity index (χ4n) is 4.40. The molecule has 0 bridgehead atoms. The van der Waals surface area contributed by atoms with Gasteiger partial charge in [0.25, 0.3) is 0 Å². The molecule has 0 aliphatic carbocycles. The molecule has 0 spiro atoms. The van der Waals surface area contributed by atoms with E-state index in [-0.39, 0.29) is 47.3 Å². The minimum absolute atomic E-state index is 0.00991. The summed E-state index contributed by atoms with van der Waals surface area (Å²) in [6.45, 7) is 4.03. The Hall–Kier alpha value is -2.73. The minimum Gasteiger partial charge on any atom is -0.424 e. The lowest BCUT2D eigenvalue weighted by molar-refractivity contribution is -0.120. The lowest BCUT2D eigenvalue weighted by Gasteiger charge is -2.25. The zero-order valence-electron chi connectivity index (χ0n) is 22.7. The van der Waals surface area contributed by atoms with Crippen LogP contribution in [0, 0.1) is 5.92 Å². The molecule has 1 aliphatic heterocycles. The third-order valence-corrected chi connectivity index (χ3v) is 9.67. The summed E-state index contributed by atoms with van der Waals surface area (Å²) in [5, 5.41) is 11.5. The normalized spacial score (nSPS) is 22.3. The van der Waals surface area contributed by atoms with Crippen molar-refractivity contribution in [3.8, 4) is 5.75 Å². The topological polar surface area (TPSA) is 182 Å². The van der Waals surface area contributed by atoms with Crippen molar-refractivity contribution in [3.05, 3.63) is 42.1 Å². The van der Waals surface area contributed by atoms with E-state index < -0.39 is 42.9 Å². The van der Waals surface area contributed by atoms with Crippen LogP contribution < -0.4 is 16.0 Å². The van der Waals surface area contributed by atoms with Gasteiger partial charge in [0.15, 0.2) is 10.6 Å². The maximum atomic E-state index is 14.1. The molecule has 1 unspecified atom stereocenters. The van der Waals surface area contributed by atoms with Gasteiger partial charge in [0.1, 0.15) is 41.0 Å². The molecule has 0 saturated carbocycles. The predicted octanol–water partition coefficient (Wildman–Crippen LogP) is 4.06. The highest BCUT2D eigenvalue weighted by Crippen LogP contribution is 2.53. The van der Waals surface area contributed by atoms with Crippen LogP contribution in [0.25, 0.3) is 11.0 Å². The van der Waals surface area contributed by atoms with Gasteiger partial charge in [0.05, 0.1) is 18.2 Å². The zero-order chi connectivity index (χ0) is 30.1. The number of anilines is 2. The number of para-hydroxylation sites is 1. The maximum absolute atomic E-state index is 14.1. The molecule has 3 aromatic rings. The van der Waals surface area contributed by atoms with E-state index in [1.165, 1.54) is 18.4 Å². The number of halogens is 2. The Balaban J connectivity index is 1.58. The van der Waals surface area contributed by atoms with Crippen molar-refractivity contribution in [1.82, 2.24) is 14.5 Å². The summed E-state index contributed by atoms with van der Waals surface area (Å²) in [5.74, 6) is -0.555. The number of nitrogens with zero attached hydrogens (tertiary/aromatic N) is 3. The third kappa shape index (κ3) is 6.85. The highest BCUT2D eigenvalue weighted by molar-refractivity contribution is 7.54. The average molecular weight is 628 g/mol. The van der Waals surface area contributed by atoms with Gasteiger partial charge >= 0.3 is 7.60 Å². The summed E-state index contributed by atoms with van der Waals surface area (Å²) in [6.07, 6.45) is -1.85.